The number of hydrogen-bond acceptors (Lipinski definition) is 8. The van der Waals surface area contributed by atoms with Gasteiger partial charge in [0.05, 0.1) is 12.6 Å². The minimum absolute atomic E-state index is 0.0762. The van der Waals surface area contributed by atoms with E-state index in [1.54, 1.807) is 34.9 Å². The van der Waals surface area contributed by atoms with E-state index in [9.17, 15) is 32.8 Å². The van der Waals surface area contributed by atoms with Gasteiger partial charge in [-0.05, 0) is 12.3 Å². The summed E-state index contributed by atoms with van der Waals surface area (Å²) in [4.78, 5) is 54.8. The van der Waals surface area contributed by atoms with Gasteiger partial charge in [0.1, 0.15) is 6.54 Å². The van der Waals surface area contributed by atoms with Crippen LogP contribution in [0.15, 0.2) is 39.9 Å². The fraction of sp³-hybridized carbons (Fsp3) is 0.417. The summed E-state index contributed by atoms with van der Waals surface area (Å²) in [7, 11) is 1.53. The number of ketones is 1. The topological polar surface area (TPSA) is 155 Å². The Morgan fingerprint density at radius 1 is 1.18 bits per heavy atom. The standard InChI is InChI=1S/C22H23N7O3.C2HF3O2/c1-26-19-18(20(31)29(22(26)32)13-17(30)14-5-3-2-4-6-14)28(10-8-23)21(25-19)27-9-7-15-11-24-12-16(15)27;3-2(4,5)1(6)7/h2-6,15-16,24H,7,9-13H2,1H3;(H,6,7). The lowest BCUT2D eigenvalue weighted by atomic mass is 10.1. The van der Waals surface area contributed by atoms with Gasteiger partial charge in [-0.1, -0.05) is 30.3 Å². The van der Waals surface area contributed by atoms with Gasteiger partial charge < -0.3 is 15.3 Å². The molecule has 2 atom stereocenters. The lowest BCUT2D eigenvalue weighted by Crippen LogP contribution is -2.41. The second-order valence-electron chi connectivity index (χ2n) is 9.12. The van der Waals surface area contributed by atoms with Crippen molar-refractivity contribution in [2.45, 2.75) is 31.7 Å². The summed E-state index contributed by atoms with van der Waals surface area (Å²) in [5.74, 6) is -2.08. The van der Waals surface area contributed by atoms with E-state index in [-0.39, 0.29) is 36.1 Å². The molecule has 0 aliphatic carbocycles. The number of rotatable bonds is 5. The first-order chi connectivity index (χ1) is 18.5. The van der Waals surface area contributed by atoms with Crippen LogP contribution < -0.4 is 21.5 Å². The number of carbonyl (C=O) groups is 2. The Kier molecular flexibility index (Phi) is 7.59. The molecule has 12 nitrogen and oxygen atoms in total. The first-order valence-corrected chi connectivity index (χ1v) is 11.9. The predicted molar refractivity (Wildman–Crippen MR) is 131 cm³/mol. The molecule has 0 amide bonds. The van der Waals surface area contributed by atoms with Gasteiger partial charge >= 0.3 is 17.8 Å². The van der Waals surface area contributed by atoms with Crippen LogP contribution in [0.1, 0.15) is 16.8 Å². The van der Waals surface area contributed by atoms with Crippen molar-refractivity contribution in [1.29, 1.82) is 5.26 Å². The molecule has 0 bridgehead atoms. The molecule has 39 heavy (non-hydrogen) atoms. The zero-order valence-electron chi connectivity index (χ0n) is 20.7. The summed E-state index contributed by atoms with van der Waals surface area (Å²) >= 11 is 0. The third kappa shape index (κ3) is 5.28. The number of anilines is 1. The highest BCUT2D eigenvalue weighted by atomic mass is 19.4. The number of imidazole rings is 1. The van der Waals surface area contributed by atoms with Gasteiger partial charge in [0.25, 0.3) is 5.56 Å². The zero-order chi connectivity index (χ0) is 28.5. The molecule has 4 heterocycles. The van der Waals surface area contributed by atoms with Gasteiger partial charge in [-0.2, -0.15) is 23.4 Å². The molecule has 0 spiro atoms. The van der Waals surface area contributed by atoms with Crippen LogP contribution in [0.2, 0.25) is 0 Å². The number of carboxylic acids is 1. The van der Waals surface area contributed by atoms with E-state index in [4.69, 9.17) is 9.90 Å². The Labute approximate surface area is 218 Å². The fourth-order valence-electron chi connectivity index (χ4n) is 4.90. The van der Waals surface area contributed by atoms with Gasteiger partial charge in [0.15, 0.2) is 16.9 Å². The Morgan fingerprint density at radius 3 is 2.46 bits per heavy atom. The smallest absolute Gasteiger partial charge is 0.475 e. The molecule has 3 aromatic rings. The normalized spacial score (nSPS) is 18.4. The number of Topliss-reactive ketones (excluding diaryl/α,β-unsaturated/α-hetero) is 1. The number of carbonyl (C=O) groups excluding carboxylic acids is 1. The molecule has 2 unspecified atom stereocenters. The van der Waals surface area contributed by atoms with E-state index in [0.29, 0.717) is 17.4 Å². The lowest BCUT2D eigenvalue weighted by Gasteiger charge is -2.24. The Hall–Kier alpha value is -4.45. The molecule has 15 heteroatoms. The predicted octanol–water partition coefficient (Wildman–Crippen LogP) is 0.735. The molecular formula is C24H24F3N7O5. The number of nitrogens with one attached hydrogen (secondary N) is 1. The summed E-state index contributed by atoms with van der Waals surface area (Å²) in [6.07, 6.45) is -4.08. The first-order valence-electron chi connectivity index (χ1n) is 11.9. The first kappa shape index (κ1) is 27.6. The minimum Gasteiger partial charge on any atom is -0.475 e. The van der Waals surface area contributed by atoms with Crippen LogP contribution in [-0.4, -0.2) is 67.4 Å². The van der Waals surface area contributed by atoms with Crippen LogP contribution in [0.25, 0.3) is 11.2 Å². The maximum atomic E-state index is 13.4. The molecule has 2 aliphatic rings. The number of fused-ring (bicyclic) bond motifs is 2. The van der Waals surface area contributed by atoms with Crippen LogP contribution in [0.3, 0.4) is 0 Å². The largest absolute Gasteiger partial charge is 0.490 e. The highest BCUT2D eigenvalue weighted by Gasteiger charge is 2.40. The highest BCUT2D eigenvalue weighted by Crippen LogP contribution is 2.32. The van der Waals surface area contributed by atoms with E-state index < -0.39 is 23.4 Å². The molecule has 0 radical (unpaired) electrons. The molecule has 2 saturated heterocycles. The number of hydrogen-bond donors (Lipinski definition) is 2. The Bertz CT molecular complexity index is 1570. The summed E-state index contributed by atoms with van der Waals surface area (Å²) in [5, 5.41) is 20.0. The second-order valence-corrected chi connectivity index (χ2v) is 9.12. The number of alkyl halides is 3. The third-order valence-corrected chi connectivity index (χ3v) is 6.78. The minimum atomic E-state index is -5.08. The average Bonchev–Trinajstić information content (AvgIpc) is 3.61. The van der Waals surface area contributed by atoms with Gasteiger partial charge in [-0.3, -0.25) is 23.3 Å². The quantitative estimate of drug-likeness (QED) is 0.440. The lowest BCUT2D eigenvalue weighted by molar-refractivity contribution is -0.192. The molecule has 5 rings (SSSR count). The number of halogens is 3. The van der Waals surface area contributed by atoms with E-state index in [1.165, 1.54) is 11.6 Å². The number of nitriles is 1. The van der Waals surface area contributed by atoms with Crippen LogP contribution in [0.4, 0.5) is 19.1 Å². The summed E-state index contributed by atoms with van der Waals surface area (Å²) < 4.78 is 35.5. The number of benzene rings is 1. The molecule has 0 saturated carbocycles. The molecular weight excluding hydrogens is 523 g/mol. The van der Waals surface area contributed by atoms with Gasteiger partial charge in [-0.15, -0.1) is 0 Å². The highest BCUT2D eigenvalue weighted by molar-refractivity contribution is 5.96. The van der Waals surface area contributed by atoms with Gasteiger partial charge in [0, 0.05) is 38.3 Å². The van der Waals surface area contributed by atoms with E-state index >= 15 is 0 Å². The number of aromatic nitrogens is 4. The van der Waals surface area contributed by atoms with Gasteiger partial charge in [-0.25, -0.2) is 9.59 Å². The SMILES string of the molecule is Cn1c(=O)n(CC(=O)c2ccccc2)c(=O)c2c1nc(N1CCC3CNCC31)n2CC#N.O=C(O)C(F)(F)F. The van der Waals surface area contributed by atoms with Gasteiger partial charge in [0.2, 0.25) is 5.95 Å². The van der Waals surface area contributed by atoms with Crippen molar-refractivity contribution in [3.05, 3.63) is 56.7 Å². The average molecular weight is 547 g/mol. The molecule has 2 N–H and O–H groups in total. The molecule has 2 aromatic heterocycles. The van der Waals surface area contributed by atoms with Crippen molar-refractivity contribution in [2.75, 3.05) is 24.5 Å². The number of carboxylic acid groups (broad SMARTS) is 1. The summed E-state index contributed by atoms with van der Waals surface area (Å²) in [5.41, 5.74) is -0.407. The summed E-state index contributed by atoms with van der Waals surface area (Å²) in [6, 6.07) is 10.9. The van der Waals surface area contributed by atoms with E-state index in [0.717, 1.165) is 30.6 Å². The zero-order valence-corrected chi connectivity index (χ0v) is 20.7. The molecule has 2 fully saturated rings. The fourth-order valence-corrected chi connectivity index (χ4v) is 4.90. The van der Waals surface area contributed by atoms with Crippen LogP contribution >= 0.6 is 0 Å². The Balaban J connectivity index is 0.000000448. The molecule has 206 valence electrons. The van der Waals surface area contributed by atoms with Crippen LogP contribution in [0, 0.1) is 17.2 Å². The monoisotopic (exact) mass is 547 g/mol. The molecule has 1 aromatic carbocycles. The van der Waals surface area contributed by atoms with Crippen molar-refractivity contribution in [3.8, 4) is 6.07 Å². The van der Waals surface area contributed by atoms with Crippen molar-refractivity contribution in [2.24, 2.45) is 13.0 Å². The van der Waals surface area contributed by atoms with Crippen molar-refractivity contribution < 1.29 is 27.9 Å². The second kappa shape index (κ2) is 10.7. The van der Waals surface area contributed by atoms with Crippen LogP contribution in [-0.2, 0) is 24.9 Å². The molecule has 2 aliphatic heterocycles. The Morgan fingerprint density at radius 2 is 1.85 bits per heavy atom. The third-order valence-electron chi connectivity index (χ3n) is 6.78. The van der Waals surface area contributed by atoms with E-state index in [1.807, 2.05) is 0 Å². The number of aryl methyl sites for hydroxylation is 1. The van der Waals surface area contributed by atoms with Crippen molar-refractivity contribution in [3.63, 3.8) is 0 Å². The van der Waals surface area contributed by atoms with Crippen LogP contribution in [0.5, 0.6) is 0 Å². The van der Waals surface area contributed by atoms with Crippen molar-refractivity contribution >= 4 is 28.9 Å². The maximum absolute atomic E-state index is 13.4. The maximum Gasteiger partial charge on any atom is 0.490 e. The number of nitrogens with zero attached hydrogens (tertiary/aromatic N) is 6. The van der Waals surface area contributed by atoms with Crippen molar-refractivity contribution in [1.82, 2.24) is 24.0 Å². The summed E-state index contributed by atoms with van der Waals surface area (Å²) in [6.45, 7) is 2.08. The van der Waals surface area contributed by atoms with E-state index in [2.05, 4.69) is 21.3 Å². The number of aliphatic carboxylic acids is 1.